The van der Waals surface area contributed by atoms with Crippen LogP contribution >= 0.6 is 23.8 Å². The number of aromatic amines is 1. The van der Waals surface area contributed by atoms with E-state index in [1.807, 2.05) is 18.3 Å². The lowest BCUT2D eigenvalue weighted by atomic mass is 10.5. The molecule has 0 aromatic carbocycles. The number of H-pyrrole nitrogens is 1. The maximum atomic E-state index is 5.76. The van der Waals surface area contributed by atoms with Gasteiger partial charge in [-0.25, -0.2) is 0 Å². The third kappa shape index (κ3) is 0.948. The van der Waals surface area contributed by atoms with Gasteiger partial charge in [-0.3, -0.25) is 9.50 Å². The predicted octanol–water partition coefficient (Wildman–Crippen LogP) is 2.05. The fourth-order valence-corrected chi connectivity index (χ4v) is 1.34. The Balaban J connectivity index is 3.08. The summed E-state index contributed by atoms with van der Waals surface area (Å²) < 4.78 is 2.32. The number of nitrogens with zero attached hydrogens (tertiary/aromatic N) is 2. The second-order valence-electron chi connectivity index (χ2n) is 2.08. The van der Waals surface area contributed by atoms with E-state index < -0.39 is 0 Å². The highest BCUT2D eigenvalue weighted by molar-refractivity contribution is 7.71. The summed E-state index contributed by atoms with van der Waals surface area (Å²) in [6.07, 6.45) is 1.84. The van der Waals surface area contributed by atoms with Gasteiger partial charge in [-0.15, -0.1) is 0 Å². The van der Waals surface area contributed by atoms with Crippen LogP contribution in [0.15, 0.2) is 18.3 Å². The van der Waals surface area contributed by atoms with Crippen molar-refractivity contribution >= 4 is 29.3 Å². The third-order valence-corrected chi connectivity index (χ3v) is 1.99. The van der Waals surface area contributed by atoms with E-state index in [1.54, 1.807) is 4.40 Å². The lowest BCUT2D eigenvalue weighted by molar-refractivity contribution is 0.928. The quantitative estimate of drug-likeness (QED) is 0.638. The molecule has 2 heterocycles. The van der Waals surface area contributed by atoms with Crippen molar-refractivity contribution in [2.24, 2.45) is 0 Å². The van der Waals surface area contributed by atoms with Gasteiger partial charge in [0.05, 0.1) is 5.52 Å². The number of fused-ring (bicyclic) bond motifs is 1. The van der Waals surface area contributed by atoms with Crippen LogP contribution in [0.2, 0.25) is 5.15 Å². The molecule has 0 aliphatic carbocycles. The first-order valence-electron chi connectivity index (χ1n) is 3.00. The van der Waals surface area contributed by atoms with E-state index >= 15 is 0 Å². The van der Waals surface area contributed by atoms with Gasteiger partial charge in [-0.2, -0.15) is 5.10 Å². The highest BCUT2D eigenvalue weighted by Crippen LogP contribution is 2.12. The van der Waals surface area contributed by atoms with Crippen molar-refractivity contribution in [3.05, 3.63) is 28.3 Å². The largest absolute Gasteiger partial charge is 0.290 e. The highest BCUT2D eigenvalue weighted by Gasteiger charge is 1.98. The summed E-state index contributed by atoms with van der Waals surface area (Å²) in [5.74, 6) is 0. The van der Waals surface area contributed by atoms with Gasteiger partial charge in [0.15, 0.2) is 9.92 Å². The van der Waals surface area contributed by atoms with Gasteiger partial charge in [-0.1, -0.05) is 11.6 Å². The van der Waals surface area contributed by atoms with Crippen molar-refractivity contribution in [1.82, 2.24) is 14.6 Å². The Bertz CT molecular complexity index is 444. The van der Waals surface area contributed by atoms with Gasteiger partial charge in [0.1, 0.15) is 0 Å². The molecular weight excluding hydrogens is 182 g/mol. The van der Waals surface area contributed by atoms with Crippen LogP contribution in [0, 0.1) is 4.77 Å². The summed E-state index contributed by atoms with van der Waals surface area (Å²) in [5, 5.41) is 6.85. The van der Waals surface area contributed by atoms with Crippen molar-refractivity contribution < 1.29 is 0 Å². The van der Waals surface area contributed by atoms with Crippen LogP contribution in [0.25, 0.3) is 5.52 Å². The van der Waals surface area contributed by atoms with Crippen LogP contribution in [0.3, 0.4) is 0 Å². The van der Waals surface area contributed by atoms with Gasteiger partial charge in [0.2, 0.25) is 0 Å². The molecule has 0 unspecified atom stereocenters. The molecule has 0 spiro atoms. The molecule has 56 valence electrons. The summed E-state index contributed by atoms with van der Waals surface area (Å²) in [4.78, 5) is 0. The summed E-state index contributed by atoms with van der Waals surface area (Å²) >= 11 is 10.7. The van der Waals surface area contributed by atoms with Crippen molar-refractivity contribution in [2.75, 3.05) is 0 Å². The number of halogens is 1. The van der Waals surface area contributed by atoms with E-state index in [0.717, 1.165) is 5.52 Å². The zero-order chi connectivity index (χ0) is 7.84. The average molecular weight is 186 g/mol. The Morgan fingerprint density at radius 1 is 1.64 bits per heavy atom. The fourth-order valence-electron chi connectivity index (χ4n) is 0.934. The van der Waals surface area contributed by atoms with Crippen LogP contribution in [-0.4, -0.2) is 14.6 Å². The summed E-state index contributed by atoms with van der Waals surface area (Å²) in [6.45, 7) is 0. The maximum absolute atomic E-state index is 5.76. The molecule has 0 aliphatic heterocycles. The molecule has 0 saturated heterocycles. The molecule has 0 bridgehead atoms. The van der Waals surface area contributed by atoms with Gasteiger partial charge in [-0.05, 0) is 24.4 Å². The zero-order valence-electron chi connectivity index (χ0n) is 5.41. The molecular formula is C6H4ClN3S. The number of hydrogen-bond acceptors (Lipinski definition) is 2. The molecule has 11 heavy (non-hydrogen) atoms. The molecule has 0 fully saturated rings. The topological polar surface area (TPSA) is 33.1 Å². The Morgan fingerprint density at radius 3 is 3.18 bits per heavy atom. The minimum Gasteiger partial charge on any atom is -0.290 e. The van der Waals surface area contributed by atoms with Crippen LogP contribution in [0.4, 0.5) is 0 Å². The summed E-state index contributed by atoms with van der Waals surface area (Å²) in [6, 6.07) is 3.73. The Morgan fingerprint density at radius 2 is 2.45 bits per heavy atom. The van der Waals surface area contributed by atoms with Gasteiger partial charge in [0.25, 0.3) is 0 Å². The van der Waals surface area contributed by atoms with Crippen LogP contribution in [-0.2, 0) is 0 Å². The lowest BCUT2D eigenvalue weighted by Crippen LogP contribution is -1.92. The second-order valence-corrected chi connectivity index (χ2v) is 2.83. The van der Waals surface area contributed by atoms with Crippen LogP contribution in [0.5, 0.6) is 0 Å². The van der Waals surface area contributed by atoms with Gasteiger partial charge >= 0.3 is 0 Å². The van der Waals surface area contributed by atoms with E-state index in [-0.39, 0.29) is 0 Å². The monoisotopic (exact) mass is 185 g/mol. The number of hydrogen-bond donors (Lipinski definition) is 1. The summed E-state index contributed by atoms with van der Waals surface area (Å²) in [7, 11) is 0. The number of rotatable bonds is 0. The molecule has 3 nitrogen and oxygen atoms in total. The van der Waals surface area contributed by atoms with Crippen molar-refractivity contribution in [3.63, 3.8) is 0 Å². The van der Waals surface area contributed by atoms with E-state index in [1.165, 1.54) is 0 Å². The first kappa shape index (κ1) is 6.82. The van der Waals surface area contributed by atoms with Crippen molar-refractivity contribution in [1.29, 1.82) is 0 Å². The van der Waals surface area contributed by atoms with E-state index in [0.29, 0.717) is 9.92 Å². The average Bonchev–Trinajstić information content (AvgIpc) is 2.45. The lowest BCUT2D eigenvalue weighted by Gasteiger charge is -1.94. The molecule has 0 atom stereocenters. The summed E-state index contributed by atoms with van der Waals surface area (Å²) in [5.41, 5.74) is 0.829. The van der Waals surface area contributed by atoms with Crippen LogP contribution in [0.1, 0.15) is 0 Å². The first-order valence-corrected chi connectivity index (χ1v) is 3.79. The Labute approximate surface area is 72.6 Å². The molecule has 2 aromatic heterocycles. The number of nitrogens with one attached hydrogen (secondary N) is 1. The maximum Gasteiger partial charge on any atom is 0.198 e. The van der Waals surface area contributed by atoms with E-state index in [9.17, 15) is 0 Å². The first-order chi connectivity index (χ1) is 5.29. The Hall–Kier alpha value is -0.870. The Kier molecular flexibility index (Phi) is 1.44. The predicted molar refractivity (Wildman–Crippen MR) is 45.4 cm³/mol. The van der Waals surface area contributed by atoms with Crippen molar-refractivity contribution in [3.8, 4) is 0 Å². The van der Waals surface area contributed by atoms with E-state index in [2.05, 4.69) is 10.2 Å². The number of aromatic nitrogens is 3. The molecule has 2 rings (SSSR count). The van der Waals surface area contributed by atoms with Gasteiger partial charge in [0, 0.05) is 6.20 Å². The standard InChI is InChI=1S/C6H4ClN3S/c7-5-4-2-1-3-10(4)6(11)9-8-5/h1-3H,(H,9,11). The third-order valence-electron chi connectivity index (χ3n) is 1.43. The molecule has 0 saturated carbocycles. The fraction of sp³-hybridized carbons (Fsp3) is 0. The second kappa shape index (κ2) is 2.32. The normalized spacial score (nSPS) is 10.6. The minimum absolute atomic E-state index is 0.434. The van der Waals surface area contributed by atoms with Gasteiger partial charge < -0.3 is 0 Å². The highest BCUT2D eigenvalue weighted by atomic mass is 35.5. The van der Waals surface area contributed by atoms with E-state index in [4.69, 9.17) is 23.8 Å². The van der Waals surface area contributed by atoms with Crippen LogP contribution < -0.4 is 0 Å². The molecule has 5 heteroatoms. The SMILES string of the molecule is S=c1[nH]nc(Cl)c2cccn12. The molecule has 0 aliphatic rings. The van der Waals surface area contributed by atoms with Crippen molar-refractivity contribution in [2.45, 2.75) is 0 Å². The smallest absolute Gasteiger partial charge is 0.198 e. The molecule has 1 N–H and O–H groups in total. The molecule has 0 amide bonds. The molecule has 2 aromatic rings. The zero-order valence-corrected chi connectivity index (χ0v) is 6.99. The minimum atomic E-state index is 0.434. The molecule has 0 radical (unpaired) electrons.